The van der Waals surface area contributed by atoms with Crippen LogP contribution in [0.5, 0.6) is 0 Å². The van der Waals surface area contributed by atoms with Gasteiger partial charge < -0.3 is 18.9 Å². The average Bonchev–Trinajstić information content (AvgIpc) is 1.62. The van der Waals surface area contributed by atoms with Crippen LogP contribution in [-0.4, -0.2) is 30.8 Å². The van der Waals surface area contributed by atoms with Crippen LogP contribution in [0, 0.1) is 0 Å². The van der Waals surface area contributed by atoms with Crippen molar-refractivity contribution in [2.24, 2.45) is 0 Å². The lowest BCUT2D eigenvalue weighted by Crippen LogP contribution is -2.61. The van der Waals surface area contributed by atoms with Crippen molar-refractivity contribution in [1.82, 2.24) is 24.1 Å². The largest absolute Gasteiger partial charge is 0.311 e. The highest BCUT2D eigenvalue weighted by Gasteiger charge is 2.46. The molecule has 8 heteroatoms. The maximum atomic E-state index is 10.2. The molecule has 2 aliphatic heterocycles. The van der Waals surface area contributed by atoms with Gasteiger partial charge in [0.05, 0.1) is 81.6 Å². The van der Waals surface area contributed by atoms with E-state index in [0.29, 0.717) is 49.9 Å². The first-order valence-electron chi connectivity index (χ1n) is 49.1. The van der Waals surface area contributed by atoms with E-state index in [-0.39, 0.29) is 106 Å². The van der Waals surface area contributed by atoms with E-state index >= 15 is 0 Å². The van der Waals surface area contributed by atoms with Crippen LogP contribution in [0.3, 0.4) is 0 Å². The van der Waals surface area contributed by atoms with Gasteiger partial charge in [0.2, 0.25) is 0 Å². The fourth-order valence-corrected chi connectivity index (χ4v) is 14.8. The normalized spacial score (nSPS) is 16.6. The third-order valence-electron chi connectivity index (χ3n) is 19.4. The Hall–Kier alpha value is -13.4. The van der Waals surface area contributed by atoms with Crippen molar-refractivity contribution in [1.29, 1.82) is 0 Å². The molecule has 18 aromatic rings. The molecule has 0 spiro atoms. The van der Waals surface area contributed by atoms with E-state index in [1.54, 1.807) is 89.8 Å². The van der Waals surface area contributed by atoms with Gasteiger partial charge in [0.1, 0.15) is 0 Å². The topological polar surface area (TPSA) is 55.0 Å². The molecule has 7 nitrogen and oxygen atoms in total. The molecular weight excluding hydrogens is 1270 g/mol. The summed E-state index contributed by atoms with van der Waals surface area (Å²) in [4.78, 5) is 18.8. The number of hydrogen-bond donors (Lipinski definition) is 0. The average molecular weight is 1370 g/mol. The molecule has 494 valence electrons. The summed E-state index contributed by atoms with van der Waals surface area (Å²) in [5, 5.41) is -1.30. The van der Waals surface area contributed by atoms with Crippen LogP contribution in [0.1, 0.15) is 68.8 Å². The van der Waals surface area contributed by atoms with Gasteiger partial charge in [0.15, 0.2) is 17.5 Å². The minimum Gasteiger partial charge on any atom is -0.311 e. The lowest BCUT2D eigenvalue weighted by atomic mass is 9.33. The van der Waals surface area contributed by atoms with Crippen LogP contribution in [-0.2, 0) is 5.41 Å². The zero-order valence-electron chi connectivity index (χ0n) is 86.9. The maximum absolute atomic E-state index is 10.2. The van der Waals surface area contributed by atoms with Gasteiger partial charge >= 0.3 is 0 Å². The lowest BCUT2D eigenvalue weighted by molar-refractivity contribution is 0.590. The first-order chi connectivity index (χ1) is 64.6. The van der Waals surface area contributed by atoms with E-state index in [9.17, 15) is 32.9 Å². The summed E-state index contributed by atoms with van der Waals surface area (Å²) in [6, 6.07) is 26.8. The molecule has 0 radical (unpaired) electrons. The molecule has 0 saturated carbocycles. The monoisotopic (exact) mass is 1370 g/mol. The summed E-state index contributed by atoms with van der Waals surface area (Å²) in [6.07, 6.45) is 0. The van der Waals surface area contributed by atoms with Crippen molar-refractivity contribution in [3.8, 4) is 90.0 Å². The number of anilines is 6. The first kappa shape index (κ1) is 37.5. The molecule has 3 aromatic heterocycles. The second-order valence-electron chi connectivity index (χ2n) is 26.4. The summed E-state index contributed by atoms with van der Waals surface area (Å²) in [7, 11) is 0. The van der Waals surface area contributed by atoms with Gasteiger partial charge in [-0.15, -0.1) is 0 Å². The Balaban J connectivity index is 1.06. The molecule has 0 aliphatic carbocycles. The SMILES string of the molecule is [2H]c1c([2H])c([2H])c(-c2ccc3c(c2)N(c2ccc(-c4ccccc4)cc2-c2ccccc2)c2cc(-n4c5c([2H])c([2H])c([2H])c([2H])c5c5c([2H])c([2H])c([2H])c([2H])c54)cc4c2B3c2ccc(-n3c5c([2H])c([2H])c([2H])c([2H])c5c5c([2H])c([2H])c([2H])c([2H])c53)cc2N4c2c(-c3ccccc3)cc(C(C)(C)C)cc2-c2nc(-c3c([2H])c([2H])c([2H])c([2H])c3[2H])nc(-c3c([2H])c([2H])c([2H])c([2H])c3[2H])n2)c([2H])c1[2H]. The van der Waals surface area contributed by atoms with Crippen LogP contribution in [0.4, 0.5) is 34.1 Å². The summed E-state index contributed by atoms with van der Waals surface area (Å²) < 4.78 is 296. The molecule has 15 aromatic carbocycles. The van der Waals surface area contributed by atoms with E-state index < -0.39 is 228 Å². The molecule has 0 saturated heterocycles. The number of rotatable bonds is 11. The summed E-state index contributed by atoms with van der Waals surface area (Å²) in [5.74, 6) is -1.84. The number of hydrogen-bond acceptors (Lipinski definition) is 5. The van der Waals surface area contributed by atoms with Crippen LogP contribution in [0.15, 0.2) is 357 Å². The Morgan fingerprint density at radius 1 is 0.295 bits per heavy atom. The first-order valence-corrected chi connectivity index (χ1v) is 33.6. The molecule has 0 N–H and O–H groups in total. The smallest absolute Gasteiger partial charge is 0.252 e. The predicted octanol–water partition coefficient (Wildman–Crippen LogP) is 23.1. The zero-order chi connectivity index (χ0) is 96.8. The van der Waals surface area contributed by atoms with Crippen molar-refractivity contribution in [2.75, 3.05) is 9.80 Å². The fraction of sp³-hybridized carbons (Fsp3) is 0.0412. The molecule has 2 aliphatic rings. The van der Waals surface area contributed by atoms with E-state index in [0.717, 1.165) is 5.56 Å². The van der Waals surface area contributed by atoms with E-state index in [1.165, 1.54) is 9.13 Å². The van der Waals surface area contributed by atoms with Gasteiger partial charge in [0, 0.05) is 77.8 Å². The minimum atomic E-state index is -1.25. The van der Waals surface area contributed by atoms with Gasteiger partial charge in [-0.2, -0.15) is 0 Å². The highest BCUT2D eigenvalue weighted by Crippen LogP contribution is 2.54. The fourth-order valence-electron chi connectivity index (χ4n) is 14.8. The van der Waals surface area contributed by atoms with Crippen LogP contribution in [0.2, 0.25) is 0 Å². The van der Waals surface area contributed by atoms with E-state index in [2.05, 4.69) is 0 Å². The Morgan fingerprint density at radius 2 is 0.705 bits per heavy atom. The number of fused-ring (bicyclic) bond motifs is 10. The van der Waals surface area contributed by atoms with Gasteiger partial charge in [-0.25, -0.2) is 15.0 Å². The molecule has 5 heterocycles. The van der Waals surface area contributed by atoms with Crippen molar-refractivity contribution in [3.05, 3.63) is 363 Å². The molecule has 0 unspecified atom stereocenters. The highest BCUT2D eigenvalue weighted by molar-refractivity contribution is 7.00. The molecular formula is C97H68BN7. The number of para-hydroxylation sites is 4. The third-order valence-corrected chi connectivity index (χ3v) is 19.4. The Bertz CT molecular complexity index is 8110. The Labute approximate surface area is 654 Å². The van der Waals surface area contributed by atoms with Gasteiger partial charge in [-0.05, 0) is 140 Å². The van der Waals surface area contributed by atoms with Crippen LogP contribution in [0.25, 0.3) is 134 Å². The standard InChI is InChI=1S/C97H68BN7/c1-97(2,3)71-58-79(66-36-16-7-17-37-66)93(80(59-71)96-100-94(67-38-18-8-19-39-67)99-95(101-96)68-40-20-9-21-41-68)105-89-60-72(102-83-46-26-22-42-74(83)75-43-23-27-47-84(75)102)52-54-82(89)98-81-53-50-70(64-32-12-5-13-33-64)57-88(81)104(87-55-51-69(63-30-10-4-11-31-63)56-78(87)65-34-14-6-15-35-65)90-61-73(62-91(105)92(90)98)103-85-48-28-24-44-76(85)77-45-25-29-49-86(77)103/h4-62H,1-3H3/i5D,8D,9D,12D,13D,18D,19D,20D,21D,22D,23D,24D,25D,26D,27D,28D,29D,32D,33D,38D,39D,40D,41D,42D,43D,44D,45D,46D,47D,48D,49D. The van der Waals surface area contributed by atoms with Gasteiger partial charge in [-0.1, -0.05) is 299 Å². The molecule has 20 rings (SSSR count). The molecule has 0 atom stereocenters. The van der Waals surface area contributed by atoms with Crippen molar-refractivity contribution < 1.29 is 42.5 Å². The molecule has 0 bridgehead atoms. The Kier molecular flexibility index (Phi) is 8.81. The number of benzene rings is 15. The molecule has 0 amide bonds. The van der Waals surface area contributed by atoms with E-state index in [4.69, 9.17) is 24.5 Å². The predicted molar refractivity (Wildman–Crippen MR) is 439 cm³/mol. The maximum Gasteiger partial charge on any atom is 0.252 e. The van der Waals surface area contributed by atoms with E-state index in [1.807, 2.05) is 111 Å². The second-order valence-corrected chi connectivity index (χ2v) is 26.4. The quantitative estimate of drug-likeness (QED) is 0.121. The van der Waals surface area contributed by atoms with Crippen molar-refractivity contribution >= 4 is 101 Å². The zero-order valence-corrected chi connectivity index (χ0v) is 55.9. The minimum absolute atomic E-state index is 0.0104. The van der Waals surface area contributed by atoms with Crippen molar-refractivity contribution in [2.45, 2.75) is 26.2 Å². The number of nitrogens with zero attached hydrogens (tertiary/aromatic N) is 7. The summed E-state index contributed by atoms with van der Waals surface area (Å²) in [6.45, 7) is 4.44. The molecule has 105 heavy (non-hydrogen) atoms. The van der Waals surface area contributed by atoms with Crippen molar-refractivity contribution in [3.63, 3.8) is 0 Å². The third kappa shape index (κ3) is 10.2. The highest BCUT2D eigenvalue weighted by atomic mass is 15.2. The van der Waals surface area contributed by atoms with Gasteiger partial charge in [0.25, 0.3) is 6.71 Å². The molecule has 0 fully saturated rings. The summed E-state index contributed by atoms with van der Waals surface area (Å²) >= 11 is 0. The Morgan fingerprint density at radius 3 is 1.24 bits per heavy atom. The van der Waals surface area contributed by atoms with Gasteiger partial charge in [-0.3, -0.25) is 0 Å². The van der Waals surface area contributed by atoms with Crippen LogP contribution >= 0.6 is 0 Å². The second kappa shape index (κ2) is 24.7. The lowest BCUT2D eigenvalue weighted by Gasteiger charge is -2.46. The number of aromatic nitrogens is 5. The summed E-state index contributed by atoms with van der Waals surface area (Å²) in [5.41, 5.74) is 1.60. The van der Waals surface area contributed by atoms with Crippen LogP contribution < -0.4 is 26.2 Å².